The van der Waals surface area contributed by atoms with Gasteiger partial charge >= 0.3 is 17.9 Å². The second-order valence-corrected chi connectivity index (χ2v) is 3.12. The van der Waals surface area contributed by atoms with E-state index < -0.39 is 30.4 Å². The first kappa shape index (κ1) is 15.6. The quantitative estimate of drug-likeness (QED) is 0.571. The highest BCUT2D eigenvalue weighted by Crippen LogP contribution is 2.10. The Morgan fingerprint density at radius 1 is 0.944 bits per heavy atom. The minimum absolute atomic E-state index is 0.403. The van der Waals surface area contributed by atoms with Gasteiger partial charge in [-0.1, -0.05) is 30.3 Å². The maximum Gasteiger partial charge on any atom is 0.337 e. The van der Waals surface area contributed by atoms with Crippen molar-refractivity contribution in [1.82, 2.24) is 0 Å². The molecule has 0 aliphatic carbocycles. The standard InChI is InChI=1S/C8H8O3.C3H4O4/c9-7(8(10)11)6-4-2-1-3-5-6;4-2(5)1-3(6)7/h1-5,7,9H,(H,10,11);1H2,(H,4,5)(H,6,7). The van der Waals surface area contributed by atoms with Gasteiger partial charge in [0, 0.05) is 0 Å². The molecular weight excluding hydrogens is 244 g/mol. The van der Waals surface area contributed by atoms with Crippen LogP contribution < -0.4 is 0 Å². The number of carboxylic acids is 3. The zero-order valence-corrected chi connectivity index (χ0v) is 9.18. The van der Waals surface area contributed by atoms with Gasteiger partial charge in [0.15, 0.2) is 6.10 Å². The smallest absolute Gasteiger partial charge is 0.337 e. The lowest BCUT2D eigenvalue weighted by atomic mass is 10.1. The second kappa shape index (κ2) is 7.80. The lowest BCUT2D eigenvalue weighted by Gasteiger charge is -2.03. The topological polar surface area (TPSA) is 132 Å². The molecule has 1 rings (SSSR count). The number of benzene rings is 1. The molecule has 0 fully saturated rings. The van der Waals surface area contributed by atoms with E-state index in [0.29, 0.717) is 5.56 Å². The summed E-state index contributed by atoms with van der Waals surface area (Å²) >= 11 is 0. The van der Waals surface area contributed by atoms with Crippen molar-refractivity contribution >= 4 is 17.9 Å². The molecule has 98 valence electrons. The molecule has 0 amide bonds. The summed E-state index contributed by atoms with van der Waals surface area (Å²) in [5, 5.41) is 32.8. The molecule has 1 aromatic carbocycles. The minimum Gasteiger partial charge on any atom is -0.481 e. The van der Waals surface area contributed by atoms with Crippen LogP contribution in [0.5, 0.6) is 0 Å². The van der Waals surface area contributed by atoms with Crippen molar-refractivity contribution < 1.29 is 34.8 Å². The summed E-state index contributed by atoms with van der Waals surface area (Å²) in [7, 11) is 0. The van der Waals surface area contributed by atoms with Crippen molar-refractivity contribution in [2.75, 3.05) is 0 Å². The fraction of sp³-hybridized carbons (Fsp3) is 0.182. The molecule has 0 saturated heterocycles. The van der Waals surface area contributed by atoms with Crippen molar-refractivity contribution in [3.63, 3.8) is 0 Å². The average molecular weight is 256 g/mol. The summed E-state index contributed by atoms with van der Waals surface area (Å²) in [6.07, 6.45) is -2.21. The Balaban J connectivity index is 0.000000360. The van der Waals surface area contributed by atoms with E-state index in [1.165, 1.54) is 0 Å². The Bertz CT molecular complexity index is 401. The van der Waals surface area contributed by atoms with Crippen LogP contribution in [0.3, 0.4) is 0 Å². The third-order valence-corrected chi connectivity index (χ3v) is 1.65. The summed E-state index contributed by atoms with van der Waals surface area (Å²) in [4.78, 5) is 29.1. The fourth-order valence-electron chi connectivity index (χ4n) is 0.907. The highest BCUT2D eigenvalue weighted by atomic mass is 16.4. The number of aliphatic hydroxyl groups is 1. The molecule has 1 unspecified atom stereocenters. The monoisotopic (exact) mass is 256 g/mol. The SMILES string of the molecule is O=C(O)C(O)c1ccccc1.O=C(O)CC(=O)O. The van der Waals surface area contributed by atoms with Crippen LogP contribution in [0.4, 0.5) is 0 Å². The predicted octanol–water partition coefficient (Wildman–Crippen LogP) is 0.350. The molecule has 4 N–H and O–H groups in total. The van der Waals surface area contributed by atoms with Crippen LogP contribution in [-0.2, 0) is 14.4 Å². The van der Waals surface area contributed by atoms with Gasteiger partial charge in [-0.3, -0.25) is 9.59 Å². The van der Waals surface area contributed by atoms with Gasteiger partial charge in [0.05, 0.1) is 0 Å². The molecule has 18 heavy (non-hydrogen) atoms. The highest BCUT2D eigenvalue weighted by Gasteiger charge is 2.14. The van der Waals surface area contributed by atoms with E-state index in [1.54, 1.807) is 30.3 Å². The molecule has 7 nitrogen and oxygen atoms in total. The molecule has 0 aliphatic rings. The first-order valence-corrected chi connectivity index (χ1v) is 4.74. The predicted molar refractivity (Wildman–Crippen MR) is 58.9 cm³/mol. The van der Waals surface area contributed by atoms with Crippen molar-refractivity contribution in [2.45, 2.75) is 12.5 Å². The van der Waals surface area contributed by atoms with E-state index in [2.05, 4.69) is 0 Å². The Kier molecular flexibility index (Phi) is 6.75. The summed E-state index contributed by atoms with van der Waals surface area (Å²) in [6.45, 7) is 0. The van der Waals surface area contributed by atoms with Gasteiger partial charge in [-0.25, -0.2) is 4.79 Å². The van der Waals surface area contributed by atoms with E-state index in [0.717, 1.165) is 0 Å². The third kappa shape index (κ3) is 6.96. The number of carboxylic acid groups (broad SMARTS) is 3. The molecule has 1 atom stereocenters. The molecule has 0 aromatic heterocycles. The van der Waals surface area contributed by atoms with E-state index >= 15 is 0 Å². The van der Waals surface area contributed by atoms with E-state index in [1.807, 2.05) is 0 Å². The van der Waals surface area contributed by atoms with Gasteiger partial charge < -0.3 is 20.4 Å². The molecular formula is C11H12O7. The maximum absolute atomic E-state index is 10.2. The van der Waals surface area contributed by atoms with E-state index in [4.69, 9.17) is 20.4 Å². The van der Waals surface area contributed by atoms with Gasteiger partial charge in [0.1, 0.15) is 6.42 Å². The lowest BCUT2D eigenvalue weighted by molar-refractivity contribution is -0.148. The van der Waals surface area contributed by atoms with Gasteiger partial charge in [-0.05, 0) is 5.56 Å². The first-order valence-electron chi connectivity index (χ1n) is 4.74. The molecule has 0 saturated carbocycles. The molecule has 0 aliphatic heterocycles. The fourth-order valence-corrected chi connectivity index (χ4v) is 0.907. The Labute approximate surface area is 102 Å². The van der Waals surface area contributed by atoms with Gasteiger partial charge in [-0.15, -0.1) is 0 Å². The summed E-state index contributed by atoms with van der Waals surface area (Å²) in [6, 6.07) is 8.26. The Hall–Kier alpha value is -2.41. The average Bonchev–Trinajstić information content (AvgIpc) is 2.28. The van der Waals surface area contributed by atoms with E-state index in [-0.39, 0.29) is 0 Å². The molecule has 0 radical (unpaired) electrons. The molecule has 0 heterocycles. The Morgan fingerprint density at radius 3 is 1.67 bits per heavy atom. The van der Waals surface area contributed by atoms with Crippen molar-refractivity contribution in [2.24, 2.45) is 0 Å². The van der Waals surface area contributed by atoms with Crippen molar-refractivity contribution in [1.29, 1.82) is 0 Å². The summed E-state index contributed by atoms with van der Waals surface area (Å²) in [5.74, 6) is -3.85. The van der Waals surface area contributed by atoms with Crippen LogP contribution in [0, 0.1) is 0 Å². The van der Waals surface area contributed by atoms with Gasteiger partial charge in [0.25, 0.3) is 0 Å². The summed E-state index contributed by atoms with van der Waals surface area (Å²) < 4.78 is 0. The molecule has 1 aromatic rings. The van der Waals surface area contributed by atoms with Crippen LogP contribution in [-0.4, -0.2) is 38.3 Å². The van der Waals surface area contributed by atoms with Gasteiger partial charge in [-0.2, -0.15) is 0 Å². The highest BCUT2D eigenvalue weighted by molar-refractivity contribution is 5.88. The number of hydrogen-bond donors (Lipinski definition) is 4. The zero-order chi connectivity index (χ0) is 14.1. The molecule has 0 bridgehead atoms. The van der Waals surface area contributed by atoms with Crippen molar-refractivity contribution in [3.8, 4) is 0 Å². The van der Waals surface area contributed by atoms with Gasteiger partial charge in [0.2, 0.25) is 0 Å². The number of rotatable bonds is 4. The maximum atomic E-state index is 10.2. The van der Waals surface area contributed by atoms with Crippen LogP contribution in [0.25, 0.3) is 0 Å². The number of aliphatic carboxylic acids is 3. The minimum atomic E-state index is -1.41. The largest absolute Gasteiger partial charge is 0.481 e. The number of carbonyl (C=O) groups is 3. The molecule has 7 heteroatoms. The van der Waals surface area contributed by atoms with Crippen molar-refractivity contribution in [3.05, 3.63) is 35.9 Å². The molecule has 0 spiro atoms. The van der Waals surface area contributed by atoms with Crippen LogP contribution >= 0.6 is 0 Å². The first-order chi connectivity index (χ1) is 8.34. The number of aliphatic hydroxyl groups excluding tert-OH is 1. The van der Waals surface area contributed by atoms with Crippen LogP contribution in [0.2, 0.25) is 0 Å². The van der Waals surface area contributed by atoms with Crippen LogP contribution in [0.1, 0.15) is 18.1 Å². The summed E-state index contributed by atoms with van der Waals surface area (Å²) in [5.41, 5.74) is 0.403. The lowest BCUT2D eigenvalue weighted by Crippen LogP contribution is -2.09. The zero-order valence-electron chi connectivity index (χ0n) is 9.18. The van der Waals surface area contributed by atoms with E-state index in [9.17, 15) is 14.4 Å². The normalized spacial score (nSPS) is 10.7. The van der Waals surface area contributed by atoms with Crippen LogP contribution in [0.15, 0.2) is 30.3 Å². The number of hydrogen-bond acceptors (Lipinski definition) is 4. The Morgan fingerprint density at radius 2 is 1.39 bits per heavy atom. The second-order valence-electron chi connectivity index (χ2n) is 3.12. The third-order valence-electron chi connectivity index (χ3n) is 1.65.